The minimum absolute atomic E-state index is 0.155. The van der Waals surface area contributed by atoms with Crippen molar-refractivity contribution in [3.05, 3.63) is 29.3 Å². The third-order valence-electron chi connectivity index (χ3n) is 4.04. The summed E-state index contributed by atoms with van der Waals surface area (Å²) >= 11 is 0. The molecule has 1 fully saturated rings. The van der Waals surface area contributed by atoms with E-state index in [9.17, 15) is 9.59 Å². The van der Waals surface area contributed by atoms with Crippen LogP contribution in [0.3, 0.4) is 0 Å². The zero-order valence-corrected chi connectivity index (χ0v) is 11.1. The minimum Gasteiger partial charge on any atom is -0.293 e. The van der Waals surface area contributed by atoms with Crippen molar-refractivity contribution < 1.29 is 9.59 Å². The highest BCUT2D eigenvalue weighted by molar-refractivity contribution is 6.06. The van der Waals surface area contributed by atoms with E-state index in [1.54, 1.807) is 4.90 Å². The first kappa shape index (κ1) is 12.2. The number of rotatable bonds is 1. The Morgan fingerprint density at radius 3 is 2.84 bits per heavy atom. The molecule has 19 heavy (non-hydrogen) atoms. The van der Waals surface area contributed by atoms with Gasteiger partial charge in [0.1, 0.15) is 0 Å². The van der Waals surface area contributed by atoms with Gasteiger partial charge in [0.05, 0.1) is 5.92 Å². The van der Waals surface area contributed by atoms with Crippen LogP contribution < -0.4 is 10.2 Å². The molecule has 4 nitrogen and oxygen atoms in total. The van der Waals surface area contributed by atoms with Crippen LogP contribution in [0, 0.1) is 5.92 Å². The first-order valence-electron chi connectivity index (χ1n) is 6.90. The number of aryl methyl sites for hydroxylation is 1. The van der Waals surface area contributed by atoms with Gasteiger partial charge in [0.2, 0.25) is 5.91 Å². The number of carbonyl (C=O) groups is 2. The molecule has 0 bridgehead atoms. The average molecular weight is 258 g/mol. The van der Waals surface area contributed by atoms with Crippen molar-refractivity contribution in [2.45, 2.75) is 32.6 Å². The third-order valence-corrected chi connectivity index (χ3v) is 4.04. The lowest BCUT2D eigenvalue weighted by molar-refractivity contribution is -0.123. The van der Waals surface area contributed by atoms with Crippen LogP contribution in [0.15, 0.2) is 18.2 Å². The van der Waals surface area contributed by atoms with Crippen molar-refractivity contribution in [1.82, 2.24) is 5.32 Å². The number of nitrogens with one attached hydrogen (secondary N) is 1. The van der Waals surface area contributed by atoms with E-state index in [1.807, 2.05) is 19.1 Å². The quantitative estimate of drug-likeness (QED) is 0.840. The van der Waals surface area contributed by atoms with E-state index in [0.717, 1.165) is 18.5 Å². The number of imide groups is 1. The third kappa shape index (κ3) is 2.11. The summed E-state index contributed by atoms with van der Waals surface area (Å²) in [7, 11) is 0. The number of benzene rings is 1. The Kier molecular flexibility index (Phi) is 3.01. The van der Waals surface area contributed by atoms with Gasteiger partial charge in [-0.2, -0.15) is 0 Å². The standard InChI is InChI=1S/C15H18N2O2/c1-10-9-17(15(19)16-14(10)18)13-8-4-6-11-5-2-3-7-12(11)13/h4,6,8,10H,2-3,5,7,9H2,1H3,(H,16,18,19). The number of anilines is 1. The highest BCUT2D eigenvalue weighted by Crippen LogP contribution is 2.31. The molecule has 0 radical (unpaired) electrons. The molecule has 1 aromatic rings. The number of amides is 3. The topological polar surface area (TPSA) is 49.4 Å². The summed E-state index contributed by atoms with van der Waals surface area (Å²) in [6.45, 7) is 2.32. The number of urea groups is 1. The Morgan fingerprint density at radius 2 is 2.00 bits per heavy atom. The van der Waals surface area contributed by atoms with Crippen molar-refractivity contribution in [3.63, 3.8) is 0 Å². The number of nitrogens with zero attached hydrogens (tertiary/aromatic N) is 1. The van der Waals surface area contributed by atoms with Crippen molar-refractivity contribution in [2.75, 3.05) is 11.4 Å². The van der Waals surface area contributed by atoms with Crippen molar-refractivity contribution in [1.29, 1.82) is 0 Å². The summed E-state index contributed by atoms with van der Waals surface area (Å²) in [5, 5.41) is 2.43. The summed E-state index contributed by atoms with van der Waals surface area (Å²) in [5.74, 6) is -0.330. The van der Waals surface area contributed by atoms with Crippen LogP contribution in [0.2, 0.25) is 0 Å². The largest absolute Gasteiger partial charge is 0.328 e. The Labute approximate surface area is 112 Å². The van der Waals surface area contributed by atoms with Gasteiger partial charge in [-0.05, 0) is 42.9 Å². The molecule has 0 saturated carbocycles. The second-order valence-electron chi connectivity index (χ2n) is 5.43. The Morgan fingerprint density at radius 1 is 1.21 bits per heavy atom. The summed E-state index contributed by atoms with van der Waals surface area (Å²) in [5.41, 5.74) is 3.61. The van der Waals surface area contributed by atoms with Gasteiger partial charge in [0.25, 0.3) is 0 Å². The molecule has 1 unspecified atom stereocenters. The molecular formula is C15H18N2O2. The molecule has 3 amide bonds. The predicted octanol–water partition coefficient (Wildman–Crippen LogP) is 2.26. The van der Waals surface area contributed by atoms with Gasteiger partial charge in [0, 0.05) is 12.2 Å². The van der Waals surface area contributed by atoms with Gasteiger partial charge in [-0.1, -0.05) is 19.1 Å². The molecule has 0 spiro atoms. The first-order valence-corrected chi connectivity index (χ1v) is 6.90. The lowest BCUT2D eigenvalue weighted by Crippen LogP contribution is -2.54. The smallest absolute Gasteiger partial charge is 0.293 e. The maximum absolute atomic E-state index is 12.0. The van der Waals surface area contributed by atoms with Crippen LogP contribution in [-0.2, 0) is 17.6 Å². The van der Waals surface area contributed by atoms with Crippen LogP contribution in [0.5, 0.6) is 0 Å². The van der Waals surface area contributed by atoms with Crippen molar-refractivity contribution in [3.8, 4) is 0 Å². The zero-order chi connectivity index (χ0) is 13.4. The second kappa shape index (κ2) is 4.68. The highest BCUT2D eigenvalue weighted by Gasteiger charge is 2.31. The summed E-state index contributed by atoms with van der Waals surface area (Å²) in [6.07, 6.45) is 4.51. The number of hydrogen-bond donors (Lipinski definition) is 1. The molecule has 3 rings (SSSR count). The molecule has 1 aliphatic heterocycles. The van der Waals surface area contributed by atoms with Crippen LogP contribution in [0.25, 0.3) is 0 Å². The van der Waals surface area contributed by atoms with Crippen molar-refractivity contribution in [2.24, 2.45) is 5.92 Å². The van der Waals surface area contributed by atoms with Crippen LogP contribution in [0.1, 0.15) is 30.9 Å². The molecule has 2 aliphatic rings. The first-order chi connectivity index (χ1) is 9.16. The maximum Gasteiger partial charge on any atom is 0.328 e. The number of hydrogen-bond acceptors (Lipinski definition) is 2. The van der Waals surface area contributed by atoms with Crippen molar-refractivity contribution >= 4 is 17.6 Å². The van der Waals surface area contributed by atoms with Crippen LogP contribution in [-0.4, -0.2) is 18.5 Å². The highest BCUT2D eigenvalue weighted by atomic mass is 16.2. The summed E-state index contributed by atoms with van der Waals surface area (Å²) in [4.78, 5) is 25.3. The average Bonchev–Trinajstić information content (AvgIpc) is 2.42. The van der Waals surface area contributed by atoms with E-state index in [-0.39, 0.29) is 17.9 Å². The molecule has 4 heteroatoms. The number of fused-ring (bicyclic) bond motifs is 1. The van der Waals surface area contributed by atoms with E-state index >= 15 is 0 Å². The molecule has 1 aromatic carbocycles. The van der Waals surface area contributed by atoms with E-state index in [2.05, 4.69) is 11.4 Å². The fraction of sp³-hybridized carbons (Fsp3) is 0.467. The molecule has 0 aromatic heterocycles. The normalized spacial score (nSPS) is 23.0. The number of carbonyl (C=O) groups excluding carboxylic acids is 2. The van der Waals surface area contributed by atoms with Gasteiger partial charge >= 0.3 is 6.03 Å². The van der Waals surface area contributed by atoms with E-state index in [4.69, 9.17) is 0 Å². The van der Waals surface area contributed by atoms with Crippen LogP contribution in [0.4, 0.5) is 10.5 Å². The molecular weight excluding hydrogens is 240 g/mol. The molecule has 1 atom stereocenters. The second-order valence-corrected chi connectivity index (χ2v) is 5.43. The Bertz CT molecular complexity index is 539. The van der Waals surface area contributed by atoms with E-state index in [0.29, 0.717) is 6.54 Å². The zero-order valence-electron chi connectivity index (χ0n) is 11.1. The Hall–Kier alpha value is -1.84. The SMILES string of the molecule is CC1CN(c2cccc3c2CCCC3)C(=O)NC1=O. The molecule has 100 valence electrons. The molecule has 1 N–H and O–H groups in total. The molecule has 1 saturated heterocycles. The predicted molar refractivity (Wildman–Crippen MR) is 73.1 cm³/mol. The lowest BCUT2D eigenvalue weighted by Gasteiger charge is -2.33. The van der Waals surface area contributed by atoms with E-state index in [1.165, 1.54) is 24.0 Å². The van der Waals surface area contributed by atoms with Gasteiger partial charge in [-0.3, -0.25) is 15.0 Å². The molecule has 1 heterocycles. The van der Waals surface area contributed by atoms with Gasteiger partial charge in [-0.25, -0.2) is 4.79 Å². The summed E-state index contributed by atoms with van der Waals surface area (Å²) < 4.78 is 0. The fourth-order valence-electron chi connectivity index (χ4n) is 2.96. The van der Waals surface area contributed by atoms with E-state index < -0.39 is 0 Å². The Balaban J connectivity index is 1.98. The molecule has 1 aliphatic carbocycles. The minimum atomic E-state index is -0.290. The lowest BCUT2D eigenvalue weighted by atomic mass is 9.90. The fourth-order valence-corrected chi connectivity index (χ4v) is 2.96. The van der Waals surface area contributed by atoms with Gasteiger partial charge < -0.3 is 0 Å². The van der Waals surface area contributed by atoms with Gasteiger partial charge in [0.15, 0.2) is 0 Å². The summed E-state index contributed by atoms with van der Waals surface area (Å²) in [6, 6.07) is 5.86. The monoisotopic (exact) mass is 258 g/mol. The van der Waals surface area contributed by atoms with Crippen LogP contribution >= 0.6 is 0 Å². The maximum atomic E-state index is 12.0. The van der Waals surface area contributed by atoms with Gasteiger partial charge in [-0.15, -0.1) is 0 Å².